The minimum absolute atomic E-state index is 0.000190. The smallest absolute Gasteiger partial charge is 0.200 e. The summed E-state index contributed by atoms with van der Waals surface area (Å²) in [7, 11) is 0. The molecule has 0 unspecified atom stereocenters. The van der Waals surface area contributed by atoms with E-state index in [1.807, 2.05) is 36.4 Å². The third-order valence-electron chi connectivity index (χ3n) is 12.7. The average molecular weight is 684 g/mol. The van der Waals surface area contributed by atoms with Gasteiger partial charge in [-0.05, 0) is 92.0 Å². The highest BCUT2D eigenvalue weighted by atomic mass is 16.3. The van der Waals surface area contributed by atoms with Crippen molar-refractivity contribution in [2.24, 2.45) is 0 Å². The van der Waals surface area contributed by atoms with E-state index >= 15 is 0 Å². The lowest BCUT2D eigenvalue weighted by Crippen LogP contribution is -2.45. The van der Waals surface area contributed by atoms with Crippen LogP contribution in [-0.4, -0.2) is 0 Å². The Morgan fingerprint density at radius 1 is 0.434 bits per heavy atom. The molecule has 0 aliphatic carbocycles. The van der Waals surface area contributed by atoms with Gasteiger partial charge in [-0.15, -0.1) is 0 Å². The predicted octanol–water partition coefficient (Wildman–Crippen LogP) is 12.1. The summed E-state index contributed by atoms with van der Waals surface area (Å²) in [5.41, 5.74) is 16.4. The molecule has 0 fully saturated rings. The molecule has 0 amide bonds. The highest BCUT2D eigenvalue weighted by Gasteiger charge is 2.55. The number of hydrogen-bond donors (Lipinski definition) is 0. The van der Waals surface area contributed by atoms with E-state index in [1.54, 1.807) is 0 Å². The van der Waals surface area contributed by atoms with Gasteiger partial charge in [0.05, 0.1) is 33.2 Å². The molecule has 0 N–H and O–H groups in total. The van der Waals surface area contributed by atoms with Gasteiger partial charge in [-0.1, -0.05) is 143 Å². The van der Waals surface area contributed by atoms with Gasteiger partial charge >= 0.3 is 0 Å². The number of fused-ring (bicyclic) bond motifs is 2. The van der Waals surface area contributed by atoms with Gasteiger partial charge in [0.2, 0.25) is 5.43 Å². The van der Waals surface area contributed by atoms with Crippen molar-refractivity contribution in [3.8, 4) is 11.1 Å². The topological polar surface area (TPSA) is 33.5 Å². The molecule has 8 aromatic rings. The molecule has 3 heteroatoms. The Kier molecular flexibility index (Phi) is 5.88. The fourth-order valence-electron chi connectivity index (χ4n) is 10.1. The average Bonchev–Trinajstić information content (AvgIpc) is 3.19. The molecule has 1 aromatic heterocycles. The van der Waals surface area contributed by atoms with Crippen molar-refractivity contribution in [3.63, 3.8) is 0 Å². The van der Waals surface area contributed by atoms with Crippen LogP contribution in [0.2, 0.25) is 0 Å². The van der Waals surface area contributed by atoms with Crippen LogP contribution in [0.1, 0.15) is 72.2 Å². The van der Waals surface area contributed by atoms with Gasteiger partial charge in [0.25, 0.3) is 0 Å². The Morgan fingerprint density at radius 3 is 1.51 bits per heavy atom. The van der Waals surface area contributed by atoms with Crippen molar-refractivity contribution in [3.05, 3.63) is 206 Å². The van der Waals surface area contributed by atoms with E-state index in [1.165, 1.54) is 61.6 Å². The van der Waals surface area contributed by atoms with Crippen LogP contribution in [0.25, 0.3) is 33.1 Å². The van der Waals surface area contributed by atoms with Crippen LogP contribution in [0.15, 0.2) is 161 Å². The van der Waals surface area contributed by atoms with E-state index in [0.29, 0.717) is 21.9 Å². The van der Waals surface area contributed by atoms with Crippen molar-refractivity contribution < 1.29 is 4.42 Å². The quantitative estimate of drug-likeness (QED) is 0.174. The first-order chi connectivity index (χ1) is 25.7. The Morgan fingerprint density at radius 2 is 0.925 bits per heavy atom. The summed E-state index contributed by atoms with van der Waals surface area (Å²) in [5, 5.41) is 1.21. The lowest BCUT2D eigenvalue weighted by atomic mass is 9.56. The van der Waals surface area contributed by atoms with Gasteiger partial charge in [-0.25, -0.2) is 0 Å². The summed E-state index contributed by atoms with van der Waals surface area (Å²) in [6, 6.07) is 54.5. The van der Waals surface area contributed by atoms with Crippen molar-refractivity contribution >= 4 is 39.0 Å². The zero-order chi connectivity index (χ0) is 35.9. The third-order valence-corrected chi connectivity index (χ3v) is 12.7. The summed E-state index contributed by atoms with van der Waals surface area (Å²) < 4.78 is 6.21. The van der Waals surface area contributed by atoms with Gasteiger partial charge in [-0.2, -0.15) is 0 Å². The van der Waals surface area contributed by atoms with Gasteiger partial charge < -0.3 is 9.32 Å². The van der Waals surface area contributed by atoms with Crippen LogP contribution in [0.4, 0.5) is 17.1 Å². The number of benzene rings is 7. The van der Waals surface area contributed by atoms with Crippen molar-refractivity contribution in [1.82, 2.24) is 0 Å². The summed E-state index contributed by atoms with van der Waals surface area (Å²) >= 11 is 0. The Labute approximate surface area is 308 Å². The number of hydrogen-bond acceptors (Lipinski definition) is 3. The first-order valence-electron chi connectivity index (χ1n) is 18.6. The molecular weight excluding hydrogens is 647 g/mol. The van der Waals surface area contributed by atoms with Gasteiger partial charge in [0.15, 0.2) is 0 Å². The van der Waals surface area contributed by atoms with E-state index in [0.717, 1.165) is 11.1 Å². The van der Waals surface area contributed by atoms with E-state index in [9.17, 15) is 4.79 Å². The van der Waals surface area contributed by atoms with E-state index in [4.69, 9.17) is 4.42 Å². The predicted molar refractivity (Wildman–Crippen MR) is 216 cm³/mol. The second kappa shape index (κ2) is 10.2. The van der Waals surface area contributed by atoms with Crippen LogP contribution in [-0.2, 0) is 16.2 Å². The number of para-hydroxylation sites is 3. The molecule has 0 spiro atoms. The number of anilines is 3. The zero-order valence-corrected chi connectivity index (χ0v) is 30.2. The van der Waals surface area contributed by atoms with E-state index in [2.05, 4.69) is 148 Å². The van der Waals surface area contributed by atoms with Crippen molar-refractivity contribution in [2.45, 2.75) is 43.9 Å². The monoisotopic (exact) mass is 683 g/mol. The fraction of sp³-hybridized carbons (Fsp3) is 0.140. The molecule has 53 heavy (non-hydrogen) atoms. The minimum atomic E-state index is -0.521. The van der Waals surface area contributed by atoms with Crippen LogP contribution < -0.4 is 10.3 Å². The van der Waals surface area contributed by atoms with Crippen molar-refractivity contribution in [1.29, 1.82) is 0 Å². The molecule has 254 valence electrons. The molecule has 0 saturated heterocycles. The molecule has 3 nitrogen and oxygen atoms in total. The van der Waals surface area contributed by atoms with Gasteiger partial charge in [0, 0.05) is 10.8 Å². The van der Waals surface area contributed by atoms with Crippen LogP contribution >= 0.6 is 0 Å². The largest absolute Gasteiger partial charge is 0.456 e. The maximum Gasteiger partial charge on any atom is 0.200 e. The lowest BCUT2D eigenvalue weighted by molar-refractivity contribution is 0.583. The Bertz CT molecular complexity index is 2790. The molecule has 0 saturated carbocycles. The first kappa shape index (κ1) is 30.4. The Balaban J connectivity index is 1.24. The maximum atomic E-state index is 13.8. The Hall–Kier alpha value is -6.19. The summed E-state index contributed by atoms with van der Waals surface area (Å²) in [6.07, 6.45) is 0. The number of nitrogens with zero attached hydrogens (tertiary/aromatic N) is 1. The zero-order valence-electron chi connectivity index (χ0n) is 30.2. The molecular formula is C50H37NO2. The molecule has 0 radical (unpaired) electrons. The molecule has 0 bridgehead atoms. The third kappa shape index (κ3) is 3.72. The fourth-order valence-corrected chi connectivity index (χ4v) is 10.1. The van der Waals surface area contributed by atoms with Crippen molar-refractivity contribution in [2.75, 3.05) is 4.90 Å². The minimum Gasteiger partial charge on any atom is -0.456 e. The summed E-state index contributed by atoms with van der Waals surface area (Å²) in [6.45, 7) is 9.54. The summed E-state index contributed by atoms with van der Waals surface area (Å²) in [5.74, 6) is 0. The normalized spacial score (nSPS) is 16.4. The van der Waals surface area contributed by atoms with Gasteiger partial charge in [-0.3, -0.25) is 4.79 Å². The lowest BCUT2D eigenvalue weighted by Gasteiger charge is -2.56. The number of rotatable bonds is 3. The molecule has 3 aliphatic heterocycles. The highest BCUT2D eigenvalue weighted by molar-refractivity contribution is 6.01. The van der Waals surface area contributed by atoms with Crippen LogP contribution in [0.5, 0.6) is 0 Å². The van der Waals surface area contributed by atoms with Crippen LogP contribution in [0.3, 0.4) is 0 Å². The standard InChI is InChI=1S/C50H37NO2/c1-48(2)36-20-13-22-38-44(36)51-45-37(21-14-23-39(45)50(38,32-15-7-5-8-16-32)33-17-9-6-10-18-33)49(3,4)41-29-31(28-40(48)46(41)51)30-25-26-43-35(27-30)47(52)34-19-11-12-24-42(34)53-43/h5-29H,1-4H3. The SMILES string of the molecule is CC1(C)c2cc(-c3ccc4oc5ccccc5c(=O)c4c3)cc3c2N2c4c1cccc4C(c1ccccc1)(c1ccccc1)c1cccc(c12)C3(C)C. The second-order valence-electron chi connectivity index (χ2n) is 16.0. The molecule has 3 aliphatic rings. The second-order valence-corrected chi connectivity index (χ2v) is 16.0. The first-order valence-corrected chi connectivity index (χ1v) is 18.6. The van der Waals surface area contributed by atoms with E-state index in [-0.39, 0.29) is 16.3 Å². The molecule has 11 rings (SSSR count). The highest BCUT2D eigenvalue weighted by Crippen LogP contribution is 2.68. The molecule has 7 aromatic carbocycles. The van der Waals surface area contributed by atoms with Crippen LogP contribution in [0, 0.1) is 0 Å². The molecule has 0 atom stereocenters. The van der Waals surface area contributed by atoms with E-state index < -0.39 is 5.41 Å². The van der Waals surface area contributed by atoms with Gasteiger partial charge in [0.1, 0.15) is 11.2 Å². The maximum absolute atomic E-state index is 13.8. The summed E-state index contributed by atoms with van der Waals surface area (Å²) in [4.78, 5) is 16.4. The molecule has 4 heterocycles.